The van der Waals surface area contributed by atoms with Crippen LogP contribution >= 0.6 is 0 Å². The standard InChI is InChI=1S/C19H21N3O5S2/c1-13-12-22(19(23)20-15-6-10-17(11-7-15)29(3,26)27)21-18(13)14-4-8-16(9-5-14)28(2,24)25/h4-11,13H,12H2,1-3H3,(H,20,23)/t13-/m0/s1. The minimum atomic E-state index is -3.30. The van der Waals surface area contributed by atoms with Crippen LogP contribution in [0.5, 0.6) is 0 Å². The molecule has 1 heterocycles. The van der Waals surface area contributed by atoms with Gasteiger partial charge in [0.05, 0.1) is 22.0 Å². The molecule has 2 amide bonds. The molecule has 1 N–H and O–H groups in total. The molecule has 0 saturated heterocycles. The number of sulfone groups is 2. The highest BCUT2D eigenvalue weighted by molar-refractivity contribution is 7.91. The Morgan fingerprint density at radius 3 is 1.90 bits per heavy atom. The molecule has 2 aromatic carbocycles. The number of urea groups is 1. The van der Waals surface area contributed by atoms with Gasteiger partial charge in [0, 0.05) is 24.1 Å². The fourth-order valence-electron chi connectivity index (χ4n) is 2.93. The summed E-state index contributed by atoms with van der Waals surface area (Å²) < 4.78 is 46.2. The number of nitrogens with zero attached hydrogens (tertiary/aromatic N) is 2. The highest BCUT2D eigenvalue weighted by atomic mass is 32.2. The molecule has 8 nitrogen and oxygen atoms in total. The molecule has 0 fully saturated rings. The van der Waals surface area contributed by atoms with Crippen LogP contribution in [0.2, 0.25) is 0 Å². The van der Waals surface area contributed by atoms with E-state index < -0.39 is 25.7 Å². The number of amides is 2. The fourth-order valence-corrected chi connectivity index (χ4v) is 4.19. The van der Waals surface area contributed by atoms with Crippen molar-refractivity contribution in [2.24, 2.45) is 11.0 Å². The molecule has 1 aliphatic heterocycles. The number of carbonyl (C=O) groups excluding carboxylic acids is 1. The van der Waals surface area contributed by atoms with Crippen LogP contribution in [0.4, 0.5) is 10.5 Å². The van der Waals surface area contributed by atoms with Crippen LogP contribution < -0.4 is 5.32 Å². The van der Waals surface area contributed by atoms with Gasteiger partial charge in [-0.2, -0.15) is 5.10 Å². The zero-order valence-electron chi connectivity index (χ0n) is 16.2. The monoisotopic (exact) mass is 435 g/mol. The fraction of sp³-hybridized carbons (Fsp3) is 0.263. The largest absolute Gasteiger partial charge is 0.342 e. The van der Waals surface area contributed by atoms with Gasteiger partial charge in [0.2, 0.25) is 0 Å². The van der Waals surface area contributed by atoms with Gasteiger partial charge in [-0.1, -0.05) is 19.1 Å². The Balaban J connectivity index is 1.75. The lowest BCUT2D eigenvalue weighted by Gasteiger charge is -2.13. The Morgan fingerprint density at radius 1 is 0.931 bits per heavy atom. The molecule has 1 atom stereocenters. The summed E-state index contributed by atoms with van der Waals surface area (Å²) in [6.07, 6.45) is 2.26. The van der Waals surface area contributed by atoms with Gasteiger partial charge in [0.25, 0.3) is 0 Å². The van der Waals surface area contributed by atoms with Crippen molar-refractivity contribution in [3.8, 4) is 0 Å². The quantitative estimate of drug-likeness (QED) is 0.792. The van der Waals surface area contributed by atoms with E-state index in [1.165, 1.54) is 41.4 Å². The zero-order chi connectivity index (χ0) is 21.4. The summed E-state index contributed by atoms with van der Waals surface area (Å²) in [5.41, 5.74) is 1.89. The number of anilines is 1. The normalized spacial score (nSPS) is 17.1. The smallest absolute Gasteiger partial charge is 0.306 e. The van der Waals surface area contributed by atoms with Crippen molar-refractivity contribution >= 4 is 37.1 Å². The molecule has 3 rings (SSSR count). The Bertz CT molecular complexity index is 1170. The summed E-state index contributed by atoms with van der Waals surface area (Å²) in [6.45, 7) is 2.30. The average molecular weight is 436 g/mol. The topological polar surface area (TPSA) is 113 Å². The molecule has 0 aliphatic carbocycles. The van der Waals surface area contributed by atoms with E-state index in [2.05, 4.69) is 10.4 Å². The molecular formula is C19H21N3O5S2. The summed E-state index contributed by atoms with van der Waals surface area (Å²) in [5.74, 6) is -0.0301. The van der Waals surface area contributed by atoms with Crippen LogP contribution in [-0.4, -0.2) is 52.6 Å². The van der Waals surface area contributed by atoms with Gasteiger partial charge in [0.15, 0.2) is 19.7 Å². The Hall–Kier alpha value is -2.72. The van der Waals surface area contributed by atoms with E-state index in [1.54, 1.807) is 12.1 Å². The first kappa shape index (κ1) is 21.0. The van der Waals surface area contributed by atoms with Gasteiger partial charge in [0.1, 0.15) is 0 Å². The van der Waals surface area contributed by atoms with E-state index >= 15 is 0 Å². The van der Waals surface area contributed by atoms with Gasteiger partial charge in [-0.05, 0) is 42.0 Å². The van der Waals surface area contributed by atoms with E-state index in [0.717, 1.165) is 18.1 Å². The van der Waals surface area contributed by atoms with Gasteiger partial charge < -0.3 is 5.32 Å². The van der Waals surface area contributed by atoms with Gasteiger partial charge in [-0.25, -0.2) is 26.6 Å². The number of rotatable bonds is 4. The Morgan fingerprint density at radius 2 is 1.41 bits per heavy atom. The van der Waals surface area contributed by atoms with E-state index in [4.69, 9.17) is 0 Å². The minimum Gasteiger partial charge on any atom is -0.306 e. The molecule has 29 heavy (non-hydrogen) atoms. The Kier molecular flexibility index (Phi) is 5.50. The molecule has 1 aliphatic rings. The van der Waals surface area contributed by atoms with Crippen LogP contribution in [0.1, 0.15) is 12.5 Å². The third-order valence-electron chi connectivity index (χ3n) is 4.49. The van der Waals surface area contributed by atoms with Gasteiger partial charge in [-0.15, -0.1) is 0 Å². The highest BCUT2D eigenvalue weighted by Gasteiger charge is 2.28. The molecular weight excluding hydrogens is 414 g/mol. The van der Waals surface area contributed by atoms with Crippen LogP contribution in [0, 0.1) is 5.92 Å². The molecule has 0 saturated carbocycles. The van der Waals surface area contributed by atoms with Crippen molar-refractivity contribution in [2.45, 2.75) is 16.7 Å². The third-order valence-corrected chi connectivity index (χ3v) is 6.75. The summed E-state index contributed by atoms with van der Waals surface area (Å²) >= 11 is 0. The highest BCUT2D eigenvalue weighted by Crippen LogP contribution is 2.22. The maximum absolute atomic E-state index is 12.5. The van der Waals surface area contributed by atoms with Crippen LogP contribution in [0.15, 0.2) is 63.4 Å². The first-order valence-corrected chi connectivity index (χ1v) is 12.5. The van der Waals surface area contributed by atoms with E-state index in [9.17, 15) is 21.6 Å². The molecule has 0 aromatic heterocycles. The molecule has 2 aromatic rings. The van der Waals surface area contributed by atoms with Crippen molar-refractivity contribution in [2.75, 3.05) is 24.4 Å². The van der Waals surface area contributed by atoms with Gasteiger partial charge in [-0.3, -0.25) is 0 Å². The number of nitrogens with one attached hydrogen (secondary N) is 1. The molecule has 154 valence electrons. The summed E-state index contributed by atoms with van der Waals surface area (Å²) in [4.78, 5) is 12.9. The molecule has 0 bridgehead atoms. The predicted molar refractivity (Wildman–Crippen MR) is 111 cm³/mol. The average Bonchev–Trinajstić information content (AvgIpc) is 3.03. The molecule has 0 spiro atoms. The van der Waals surface area contributed by atoms with Crippen LogP contribution in [0.25, 0.3) is 0 Å². The maximum atomic E-state index is 12.5. The number of carbonyl (C=O) groups is 1. The van der Waals surface area contributed by atoms with Gasteiger partial charge >= 0.3 is 6.03 Å². The number of hydrazone groups is 1. The Labute approximate surface area is 170 Å². The number of hydrogen-bond donors (Lipinski definition) is 1. The molecule has 0 unspecified atom stereocenters. The number of hydrogen-bond acceptors (Lipinski definition) is 6. The van der Waals surface area contributed by atoms with Crippen molar-refractivity contribution in [3.63, 3.8) is 0 Å². The summed E-state index contributed by atoms with van der Waals surface area (Å²) in [6, 6.07) is 11.8. The molecule has 0 radical (unpaired) electrons. The van der Waals surface area contributed by atoms with Crippen LogP contribution in [-0.2, 0) is 19.7 Å². The zero-order valence-corrected chi connectivity index (χ0v) is 17.8. The lowest BCUT2D eigenvalue weighted by molar-refractivity contribution is 0.216. The van der Waals surface area contributed by atoms with Crippen molar-refractivity contribution < 1.29 is 21.6 Å². The first-order valence-electron chi connectivity index (χ1n) is 8.73. The van der Waals surface area contributed by atoms with Crippen molar-refractivity contribution in [1.82, 2.24) is 5.01 Å². The maximum Gasteiger partial charge on any atom is 0.342 e. The second kappa shape index (κ2) is 7.60. The van der Waals surface area contributed by atoms with Crippen LogP contribution in [0.3, 0.4) is 0 Å². The van der Waals surface area contributed by atoms with Crippen molar-refractivity contribution in [3.05, 3.63) is 54.1 Å². The molecule has 10 heteroatoms. The third kappa shape index (κ3) is 4.83. The predicted octanol–water partition coefficient (Wildman–Crippen LogP) is 2.38. The number of benzene rings is 2. The summed E-state index contributed by atoms with van der Waals surface area (Å²) in [7, 11) is -6.58. The van der Waals surface area contributed by atoms with E-state index in [-0.39, 0.29) is 15.7 Å². The van der Waals surface area contributed by atoms with Crippen molar-refractivity contribution in [1.29, 1.82) is 0 Å². The summed E-state index contributed by atoms with van der Waals surface area (Å²) in [5, 5.41) is 8.37. The SMILES string of the molecule is C[C@H]1CN(C(=O)Nc2ccc(S(C)(=O)=O)cc2)N=C1c1ccc(S(C)(=O)=O)cc1. The second-order valence-electron chi connectivity index (χ2n) is 6.99. The lowest BCUT2D eigenvalue weighted by atomic mass is 10.00. The van der Waals surface area contributed by atoms with E-state index in [1.807, 2.05) is 6.92 Å². The minimum absolute atomic E-state index is 0.0301. The van der Waals surface area contributed by atoms with E-state index in [0.29, 0.717) is 17.9 Å². The second-order valence-corrected chi connectivity index (χ2v) is 11.0. The first-order chi connectivity index (χ1) is 13.4. The lowest BCUT2D eigenvalue weighted by Crippen LogP contribution is -2.30.